The van der Waals surface area contributed by atoms with Crippen LogP contribution in [0.4, 0.5) is 0 Å². The molecule has 3 N–H and O–H groups in total. The zero-order valence-electron chi connectivity index (χ0n) is 25.3. The van der Waals surface area contributed by atoms with Crippen molar-refractivity contribution in [2.45, 2.75) is 62.8 Å². The van der Waals surface area contributed by atoms with Crippen LogP contribution < -0.4 is 16.0 Å². The smallest absolute Gasteiger partial charge is 0.247 e. The minimum absolute atomic E-state index is 0.0425. The van der Waals surface area contributed by atoms with Gasteiger partial charge in [-0.1, -0.05) is 91.0 Å². The Morgan fingerprint density at radius 2 is 1.43 bits per heavy atom. The lowest BCUT2D eigenvalue weighted by molar-refractivity contribution is -0.147. The van der Waals surface area contributed by atoms with E-state index in [4.69, 9.17) is 0 Å². The van der Waals surface area contributed by atoms with Crippen LogP contribution in [0.5, 0.6) is 0 Å². The first kappa shape index (κ1) is 30.9. The number of likely N-dealkylation sites (N-methyl/N-ethyl adjacent to an activating group) is 1. The average molecular weight is 596 g/mol. The fourth-order valence-corrected chi connectivity index (χ4v) is 6.16. The van der Waals surface area contributed by atoms with Crippen molar-refractivity contribution in [2.75, 3.05) is 20.1 Å². The van der Waals surface area contributed by atoms with Gasteiger partial charge in [0, 0.05) is 19.1 Å². The lowest BCUT2D eigenvalue weighted by Crippen LogP contribution is -2.62. The molecule has 0 aromatic heterocycles. The third-order valence-electron chi connectivity index (χ3n) is 8.74. The molecule has 2 heterocycles. The number of hydrogen-bond donors (Lipinski definition) is 3. The van der Waals surface area contributed by atoms with E-state index in [1.165, 1.54) is 0 Å². The number of benzene rings is 3. The van der Waals surface area contributed by atoms with Crippen LogP contribution in [-0.2, 0) is 25.6 Å². The summed E-state index contributed by atoms with van der Waals surface area (Å²) < 4.78 is 0. The number of fused-ring (bicyclic) bond motifs is 1. The van der Waals surface area contributed by atoms with Crippen LogP contribution in [0.1, 0.15) is 48.9 Å². The molecule has 2 aliphatic heterocycles. The highest BCUT2D eigenvalue weighted by Gasteiger charge is 2.46. The molecule has 230 valence electrons. The molecule has 0 spiro atoms. The van der Waals surface area contributed by atoms with Crippen LogP contribution in [0, 0.1) is 0 Å². The van der Waals surface area contributed by atoms with Gasteiger partial charge in [-0.2, -0.15) is 0 Å². The number of nitrogens with zero attached hydrogens (tertiary/aromatic N) is 2. The van der Waals surface area contributed by atoms with Gasteiger partial charge in [-0.15, -0.1) is 0 Å². The van der Waals surface area contributed by atoms with Crippen molar-refractivity contribution in [3.05, 3.63) is 108 Å². The largest absolute Gasteiger partial charge is 0.343 e. The molecule has 0 saturated carbocycles. The normalized spacial score (nSPS) is 20.8. The maximum absolute atomic E-state index is 14.3. The van der Waals surface area contributed by atoms with Gasteiger partial charge < -0.3 is 25.8 Å². The first-order chi connectivity index (χ1) is 21.4. The number of hydrogen-bond acceptors (Lipinski definition) is 5. The molecule has 3 aromatic rings. The third-order valence-corrected chi connectivity index (χ3v) is 8.74. The second-order valence-electron chi connectivity index (χ2n) is 11.6. The second kappa shape index (κ2) is 14.3. The molecule has 4 amide bonds. The van der Waals surface area contributed by atoms with E-state index in [2.05, 4.69) is 16.0 Å². The first-order valence-electron chi connectivity index (χ1n) is 15.4. The molecule has 44 heavy (non-hydrogen) atoms. The van der Waals surface area contributed by atoms with E-state index in [-0.39, 0.29) is 48.7 Å². The summed E-state index contributed by atoms with van der Waals surface area (Å²) in [6, 6.07) is 26.2. The van der Waals surface area contributed by atoms with Gasteiger partial charge in [0.25, 0.3) is 0 Å². The number of amides is 4. The van der Waals surface area contributed by atoms with Crippen LogP contribution in [0.25, 0.3) is 0 Å². The maximum Gasteiger partial charge on any atom is 0.247 e. The minimum atomic E-state index is -0.978. The summed E-state index contributed by atoms with van der Waals surface area (Å²) in [5, 5.41) is 9.01. The molecule has 5 rings (SSSR count). The van der Waals surface area contributed by atoms with E-state index >= 15 is 0 Å². The Hall–Kier alpha value is -4.50. The lowest BCUT2D eigenvalue weighted by Gasteiger charge is -2.39. The Balaban J connectivity index is 1.39. The fourth-order valence-electron chi connectivity index (χ4n) is 6.16. The predicted octanol–water partition coefficient (Wildman–Crippen LogP) is 2.82. The third kappa shape index (κ3) is 7.17. The van der Waals surface area contributed by atoms with Crippen molar-refractivity contribution < 1.29 is 19.2 Å². The summed E-state index contributed by atoms with van der Waals surface area (Å²) in [5.74, 6) is -1.01. The highest BCUT2D eigenvalue weighted by Crippen LogP contribution is 2.31. The number of carbonyl (C=O) groups is 4. The molecule has 0 radical (unpaired) electrons. The van der Waals surface area contributed by atoms with Gasteiger partial charge in [0.1, 0.15) is 12.1 Å². The SMILES string of the molecule is CN[C@@H](C)C(=O)N[C@H]1CN(C(=O)Cc2ccccc2)CC[C@H]2CC[C@H](C(=O)NC(c3ccccc3)c3ccccc3)N2C1=O. The molecule has 3 aromatic carbocycles. The van der Waals surface area contributed by atoms with Crippen molar-refractivity contribution >= 4 is 23.6 Å². The molecular formula is C35H41N5O4. The van der Waals surface area contributed by atoms with Crippen LogP contribution >= 0.6 is 0 Å². The molecule has 4 atom stereocenters. The van der Waals surface area contributed by atoms with E-state index in [0.29, 0.717) is 25.8 Å². The standard InChI is InChI=1S/C35H41N5O4/c1-24(36-2)33(42)37-29-23-39(31(41)22-25-12-6-3-7-13-25)21-20-28-18-19-30(40(28)35(29)44)34(43)38-32(26-14-8-4-9-15-26)27-16-10-5-11-17-27/h3-17,24,28-30,32,36H,18-23H2,1-2H3,(H,37,42)(H,38,43)/t24-,28+,29-,30+/m0/s1. The van der Waals surface area contributed by atoms with E-state index in [1.54, 1.807) is 23.8 Å². The number of rotatable bonds is 9. The lowest BCUT2D eigenvalue weighted by atomic mass is 9.98. The average Bonchev–Trinajstić information content (AvgIpc) is 3.48. The molecule has 0 unspecified atom stereocenters. The van der Waals surface area contributed by atoms with E-state index in [0.717, 1.165) is 16.7 Å². The monoisotopic (exact) mass is 595 g/mol. The van der Waals surface area contributed by atoms with Gasteiger partial charge in [0.05, 0.1) is 18.5 Å². The molecule has 9 nitrogen and oxygen atoms in total. The molecule has 0 bridgehead atoms. The van der Waals surface area contributed by atoms with Crippen LogP contribution in [-0.4, -0.2) is 77.7 Å². The molecule has 0 aliphatic carbocycles. The Bertz CT molecular complexity index is 1400. The van der Waals surface area contributed by atoms with Crippen LogP contribution in [0.15, 0.2) is 91.0 Å². The van der Waals surface area contributed by atoms with E-state index in [9.17, 15) is 19.2 Å². The Morgan fingerprint density at radius 3 is 2.02 bits per heavy atom. The highest BCUT2D eigenvalue weighted by molar-refractivity contribution is 5.94. The van der Waals surface area contributed by atoms with Crippen LogP contribution in [0.3, 0.4) is 0 Å². The van der Waals surface area contributed by atoms with Crippen molar-refractivity contribution in [1.29, 1.82) is 0 Å². The van der Waals surface area contributed by atoms with E-state index in [1.807, 2.05) is 91.0 Å². The number of carbonyl (C=O) groups excluding carboxylic acids is 4. The molecule has 2 fully saturated rings. The summed E-state index contributed by atoms with van der Waals surface area (Å²) in [7, 11) is 1.67. The quantitative estimate of drug-likeness (QED) is 0.353. The Labute approximate surface area is 259 Å². The Morgan fingerprint density at radius 1 is 0.841 bits per heavy atom. The Kier molecular flexibility index (Phi) is 10.1. The molecule has 9 heteroatoms. The predicted molar refractivity (Wildman–Crippen MR) is 168 cm³/mol. The van der Waals surface area contributed by atoms with Crippen molar-refractivity contribution in [3.8, 4) is 0 Å². The summed E-state index contributed by atoms with van der Waals surface area (Å²) >= 11 is 0. The van der Waals surface area contributed by atoms with Gasteiger partial charge >= 0.3 is 0 Å². The summed E-state index contributed by atoms with van der Waals surface area (Å²) in [6.07, 6.45) is 1.91. The van der Waals surface area contributed by atoms with Gasteiger partial charge in [-0.05, 0) is 49.9 Å². The van der Waals surface area contributed by atoms with Crippen molar-refractivity contribution in [1.82, 2.24) is 25.8 Å². The summed E-state index contributed by atoms with van der Waals surface area (Å²) in [5.41, 5.74) is 2.78. The minimum Gasteiger partial charge on any atom is -0.343 e. The topological polar surface area (TPSA) is 111 Å². The van der Waals surface area contributed by atoms with Gasteiger partial charge in [-0.25, -0.2) is 0 Å². The molecule has 2 saturated heterocycles. The van der Waals surface area contributed by atoms with Gasteiger partial charge in [-0.3, -0.25) is 19.2 Å². The second-order valence-corrected chi connectivity index (χ2v) is 11.6. The van der Waals surface area contributed by atoms with Crippen LogP contribution in [0.2, 0.25) is 0 Å². The van der Waals surface area contributed by atoms with Gasteiger partial charge in [0.15, 0.2) is 0 Å². The number of nitrogens with one attached hydrogen (secondary N) is 3. The molecular weight excluding hydrogens is 554 g/mol. The van der Waals surface area contributed by atoms with Crippen molar-refractivity contribution in [3.63, 3.8) is 0 Å². The molecule has 2 aliphatic rings. The van der Waals surface area contributed by atoms with Gasteiger partial charge in [0.2, 0.25) is 23.6 Å². The fraction of sp³-hybridized carbons (Fsp3) is 0.371. The zero-order valence-corrected chi connectivity index (χ0v) is 25.3. The zero-order chi connectivity index (χ0) is 31.1. The van der Waals surface area contributed by atoms with Crippen molar-refractivity contribution in [2.24, 2.45) is 0 Å². The summed E-state index contributed by atoms with van der Waals surface area (Å²) in [4.78, 5) is 58.0. The highest BCUT2D eigenvalue weighted by atomic mass is 16.2. The first-order valence-corrected chi connectivity index (χ1v) is 15.4. The summed E-state index contributed by atoms with van der Waals surface area (Å²) in [6.45, 7) is 2.18. The maximum atomic E-state index is 14.3. The van der Waals surface area contributed by atoms with E-state index < -0.39 is 18.1 Å².